The van der Waals surface area contributed by atoms with Crippen LogP contribution >= 0.6 is 0 Å². The fourth-order valence-electron chi connectivity index (χ4n) is 9.74. The number of amides is 3. The second-order valence-electron chi connectivity index (χ2n) is 19.9. The van der Waals surface area contributed by atoms with Crippen molar-refractivity contribution in [3.05, 3.63) is 59.3 Å². The first-order valence-corrected chi connectivity index (χ1v) is 23.6. The number of nitrogens with one attached hydrogen (secondary N) is 1. The Balaban J connectivity index is 1.39. The molecular weight excluding hydrogens is 841 g/mol. The number of hydrogen-bond acceptors (Lipinski definition) is 10. The van der Waals surface area contributed by atoms with Crippen LogP contribution in [-0.2, 0) is 19.1 Å². The van der Waals surface area contributed by atoms with Crippen LogP contribution in [0, 0.1) is 17.8 Å². The van der Waals surface area contributed by atoms with Crippen LogP contribution in [0.25, 0.3) is 16.9 Å². The molecule has 2 aromatic carbocycles. The summed E-state index contributed by atoms with van der Waals surface area (Å²) in [4.78, 5) is 71.7. The molecule has 362 valence electrons. The molecule has 0 aliphatic heterocycles. The van der Waals surface area contributed by atoms with Crippen LogP contribution in [0.2, 0.25) is 0 Å². The molecule has 4 unspecified atom stereocenters. The minimum Gasteiger partial charge on any atom is -0.496 e. The fourth-order valence-corrected chi connectivity index (χ4v) is 9.74. The first-order valence-electron chi connectivity index (χ1n) is 23.6. The molecule has 2 aliphatic rings. The average Bonchev–Trinajstić information content (AvgIpc) is 3.70. The van der Waals surface area contributed by atoms with Crippen LogP contribution in [0.15, 0.2) is 42.5 Å². The zero-order valence-electron chi connectivity index (χ0n) is 41.2. The number of rotatable bonds is 21. The minimum atomic E-state index is -1.21. The third kappa shape index (κ3) is 12.7. The molecule has 15 heteroatoms. The van der Waals surface area contributed by atoms with E-state index in [1.807, 2.05) is 72.0 Å². The lowest BCUT2D eigenvalue weighted by molar-refractivity contribution is -0.169. The van der Waals surface area contributed by atoms with Crippen LogP contribution in [0.1, 0.15) is 138 Å². The van der Waals surface area contributed by atoms with Gasteiger partial charge in [-0.15, -0.1) is 0 Å². The summed E-state index contributed by atoms with van der Waals surface area (Å²) in [5.74, 6) is -0.156. The first-order chi connectivity index (χ1) is 31.2. The standard InChI is InChI=1S/C51H74N6O9/c1-33(2)38-31-36(48(62)56(9)27-15-25-54(7)24-14-26-55(8)44(58)18-13-19-45(59)60)20-21-40(38)57-41(46-42(64-10)16-12-17-43(46)65-11)32-39(53-57)47(61)52-51(49(63)66-50(4,5)6)23-22-35-28-34(3)29-37(51)30-35/h12,16-17,20-21,31-35,37H,13-15,18-19,22-30H2,1-11H3,(H,52,61)(H,59,60). The molecule has 0 saturated heterocycles. The monoisotopic (exact) mass is 915 g/mol. The zero-order chi connectivity index (χ0) is 48.5. The number of nitrogens with zero attached hydrogens (tertiary/aromatic N) is 5. The molecule has 2 N–H and O–H groups in total. The van der Waals surface area contributed by atoms with Gasteiger partial charge < -0.3 is 39.3 Å². The van der Waals surface area contributed by atoms with Gasteiger partial charge in [-0.3, -0.25) is 19.2 Å². The fraction of sp³-hybridized carbons (Fsp3) is 0.608. The van der Waals surface area contributed by atoms with Gasteiger partial charge in [-0.05, 0) is 158 Å². The van der Waals surface area contributed by atoms with Gasteiger partial charge in [-0.2, -0.15) is 5.10 Å². The summed E-state index contributed by atoms with van der Waals surface area (Å²) in [6.45, 7) is 14.5. The molecule has 2 saturated carbocycles. The maximum Gasteiger partial charge on any atom is 0.332 e. The van der Waals surface area contributed by atoms with E-state index in [1.165, 1.54) is 0 Å². The predicted octanol–water partition coefficient (Wildman–Crippen LogP) is 7.83. The number of aromatic nitrogens is 2. The molecule has 3 aromatic rings. The minimum absolute atomic E-state index is 0.0140. The van der Waals surface area contributed by atoms with Crippen molar-refractivity contribution in [3.63, 3.8) is 0 Å². The molecule has 4 atom stereocenters. The second kappa shape index (κ2) is 22.4. The highest BCUT2D eigenvalue weighted by molar-refractivity contribution is 5.99. The van der Waals surface area contributed by atoms with Crippen LogP contribution in [0.4, 0.5) is 0 Å². The normalized spacial score (nSPS) is 19.3. The summed E-state index contributed by atoms with van der Waals surface area (Å²) in [7, 11) is 8.71. The molecule has 66 heavy (non-hydrogen) atoms. The Labute approximate surface area is 391 Å². The van der Waals surface area contributed by atoms with Gasteiger partial charge in [-0.25, -0.2) is 9.48 Å². The van der Waals surface area contributed by atoms with Crippen molar-refractivity contribution in [2.75, 3.05) is 61.5 Å². The smallest absolute Gasteiger partial charge is 0.332 e. The quantitative estimate of drug-likeness (QED) is 0.0998. The van der Waals surface area contributed by atoms with Crippen LogP contribution in [0.5, 0.6) is 11.5 Å². The summed E-state index contributed by atoms with van der Waals surface area (Å²) in [5, 5.41) is 17.1. The SMILES string of the molecule is COc1cccc(OC)c1-c1cc(C(=O)NC2(C(=O)OC(C)(C)C)CCC3CC(C)CC2C3)nn1-c1ccc(C(=O)N(C)CCCN(C)CCCN(C)C(=O)CCCC(=O)O)cc1C(C)C. The van der Waals surface area contributed by atoms with Crippen molar-refractivity contribution in [2.24, 2.45) is 17.8 Å². The van der Waals surface area contributed by atoms with Gasteiger partial charge in [0, 0.05) is 45.6 Å². The summed E-state index contributed by atoms with van der Waals surface area (Å²) < 4.78 is 19.5. The first kappa shape index (κ1) is 51.5. The van der Waals surface area contributed by atoms with Crippen molar-refractivity contribution >= 4 is 29.7 Å². The zero-order valence-corrected chi connectivity index (χ0v) is 41.2. The Morgan fingerprint density at radius 2 is 1.53 bits per heavy atom. The molecule has 2 aliphatic carbocycles. The van der Waals surface area contributed by atoms with E-state index < -0.39 is 29.0 Å². The lowest BCUT2D eigenvalue weighted by Crippen LogP contribution is -2.64. The molecule has 5 rings (SSSR count). The van der Waals surface area contributed by atoms with E-state index in [-0.39, 0.29) is 42.2 Å². The number of aliphatic carboxylic acids is 1. The number of benzene rings is 2. The Morgan fingerprint density at radius 1 is 0.879 bits per heavy atom. The number of ether oxygens (including phenoxy) is 3. The van der Waals surface area contributed by atoms with Crippen LogP contribution in [-0.4, -0.2) is 132 Å². The highest BCUT2D eigenvalue weighted by Gasteiger charge is 2.54. The molecule has 3 amide bonds. The van der Waals surface area contributed by atoms with Gasteiger partial charge in [0.1, 0.15) is 22.6 Å². The largest absolute Gasteiger partial charge is 0.496 e. The molecule has 2 fully saturated rings. The highest BCUT2D eigenvalue weighted by Crippen LogP contribution is 2.49. The number of fused-ring (bicyclic) bond motifs is 2. The van der Waals surface area contributed by atoms with Crippen molar-refractivity contribution in [1.82, 2.24) is 29.8 Å². The Bertz CT molecular complexity index is 2170. The van der Waals surface area contributed by atoms with Gasteiger partial charge in [0.2, 0.25) is 5.91 Å². The average molecular weight is 915 g/mol. The third-order valence-electron chi connectivity index (χ3n) is 13.2. The molecule has 2 bridgehead atoms. The van der Waals surface area contributed by atoms with Gasteiger partial charge in [0.25, 0.3) is 11.8 Å². The number of hydrogen-bond donors (Lipinski definition) is 2. The summed E-state index contributed by atoms with van der Waals surface area (Å²) >= 11 is 0. The molecule has 15 nitrogen and oxygen atoms in total. The van der Waals surface area contributed by atoms with Crippen molar-refractivity contribution in [3.8, 4) is 28.4 Å². The summed E-state index contributed by atoms with van der Waals surface area (Å²) in [6.07, 6.45) is 6.15. The van der Waals surface area contributed by atoms with Gasteiger partial charge in [-0.1, -0.05) is 26.8 Å². The van der Waals surface area contributed by atoms with E-state index in [1.54, 1.807) is 54.9 Å². The van der Waals surface area contributed by atoms with Crippen molar-refractivity contribution in [1.29, 1.82) is 0 Å². The van der Waals surface area contributed by atoms with Gasteiger partial charge in [0.05, 0.1) is 31.2 Å². The predicted molar refractivity (Wildman–Crippen MR) is 254 cm³/mol. The molecule has 1 heterocycles. The lowest BCUT2D eigenvalue weighted by Gasteiger charge is -2.50. The Morgan fingerprint density at radius 3 is 2.14 bits per heavy atom. The Hall–Kier alpha value is -5.44. The van der Waals surface area contributed by atoms with E-state index in [9.17, 15) is 24.0 Å². The van der Waals surface area contributed by atoms with Gasteiger partial charge >= 0.3 is 11.9 Å². The maximum atomic E-state index is 14.7. The van der Waals surface area contributed by atoms with Crippen LogP contribution < -0.4 is 14.8 Å². The third-order valence-corrected chi connectivity index (χ3v) is 13.2. The number of carboxylic acid groups (broad SMARTS) is 1. The van der Waals surface area contributed by atoms with Crippen molar-refractivity contribution in [2.45, 2.75) is 123 Å². The number of carboxylic acids is 1. The highest BCUT2D eigenvalue weighted by atomic mass is 16.6. The van der Waals surface area contributed by atoms with Crippen LogP contribution in [0.3, 0.4) is 0 Å². The van der Waals surface area contributed by atoms with E-state index >= 15 is 0 Å². The maximum absolute atomic E-state index is 14.7. The summed E-state index contributed by atoms with van der Waals surface area (Å²) in [6, 6.07) is 12.7. The van der Waals surface area contributed by atoms with Gasteiger partial charge in [0.15, 0.2) is 5.69 Å². The van der Waals surface area contributed by atoms with E-state index in [4.69, 9.17) is 24.4 Å². The van der Waals surface area contributed by atoms with E-state index in [0.29, 0.717) is 71.8 Å². The van der Waals surface area contributed by atoms with Crippen molar-refractivity contribution < 1.29 is 43.3 Å². The molecular formula is C51H74N6O9. The second-order valence-corrected chi connectivity index (χ2v) is 19.9. The van der Waals surface area contributed by atoms with E-state index in [2.05, 4.69) is 17.1 Å². The number of carbonyl (C=O) groups is 5. The van der Waals surface area contributed by atoms with E-state index in [0.717, 1.165) is 57.2 Å². The summed E-state index contributed by atoms with van der Waals surface area (Å²) in [5.41, 5.74) is 1.31. The Kier molecular flexibility index (Phi) is 17.5. The lowest BCUT2D eigenvalue weighted by atomic mass is 9.60. The number of carbonyl (C=O) groups excluding carboxylic acids is 4. The molecule has 0 radical (unpaired) electrons. The molecule has 0 spiro atoms. The number of esters is 1. The number of methoxy groups -OCH3 is 2. The topological polar surface area (TPSA) is 173 Å². The molecule has 1 aromatic heterocycles.